The Hall–Kier alpha value is -1.30. The van der Waals surface area contributed by atoms with E-state index in [0.29, 0.717) is 23.9 Å². The van der Waals surface area contributed by atoms with Crippen LogP contribution in [0.5, 0.6) is 5.75 Å². The summed E-state index contributed by atoms with van der Waals surface area (Å²) in [6, 6.07) is 5.57. The second kappa shape index (κ2) is 9.41. The van der Waals surface area contributed by atoms with Gasteiger partial charge in [0, 0.05) is 26.2 Å². The topological polar surface area (TPSA) is 42.0 Å². The van der Waals surface area contributed by atoms with E-state index in [0.717, 1.165) is 31.6 Å². The van der Waals surface area contributed by atoms with Crippen LogP contribution in [0.1, 0.15) is 25.3 Å². The molecule has 1 aliphatic rings. The number of ether oxygens (including phenoxy) is 2. The SMILES string of the molecule is Cc1ccc(Cl)c(O[C@H](C)C(=O)N(CCN(C)C)C[C@H]2CCCO2)c1. The standard InChI is InChI=1S/C19H29ClN2O3/c1-14-7-8-17(20)18(12-14)25-15(2)19(23)22(10-9-21(3)4)13-16-6-5-11-24-16/h7-8,12,15-16H,5-6,9-11,13H2,1-4H3/t15-,16-/m1/s1. The molecule has 0 saturated carbocycles. The van der Waals surface area contributed by atoms with Gasteiger partial charge in [0.2, 0.25) is 0 Å². The molecular formula is C19H29ClN2O3. The fraction of sp³-hybridized carbons (Fsp3) is 0.632. The average Bonchev–Trinajstić information content (AvgIpc) is 3.07. The second-order valence-corrected chi connectivity index (χ2v) is 7.32. The number of hydrogen-bond acceptors (Lipinski definition) is 4. The van der Waals surface area contributed by atoms with Crippen LogP contribution in [0.2, 0.25) is 5.02 Å². The van der Waals surface area contributed by atoms with E-state index < -0.39 is 6.10 Å². The third-order valence-electron chi connectivity index (χ3n) is 4.32. The van der Waals surface area contributed by atoms with E-state index in [4.69, 9.17) is 21.1 Å². The summed E-state index contributed by atoms with van der Waals surface area (Å²) in [5.74, 6) is 0.516. The van der Waals surface area contributed by atoms with E-state index in [9.17, 15) is 4.79 Å². The molecule has 0 aliphatic carbocycles. The summed E-state index contributed by atoms with van der Waals surface area (Å²) in [6.07, 6.45) is 1.60. The van der Waals surface area contributed by atoms with Crippen LogP contribution in [0.3, 0.4) is 0 Å². The van der Waals surface area contributed by atoms with Crippen molar-refractivity contribution in [3.8, 4) is 5.75 Å². The van der Waals surface area contributed by atoms with Crippen molar-refractivity contribution in [2.45, 2.75) is 38.9 Å². The van der Waals surface area contributed by atoms with Gasteiger partial charge in [0.1, 0.15) is 5.75 Å². The Balaban J connectivity index is 2.03. The van der Waals surface area contributed by atoms with Crippen molar-refractivity contribution in [3.05, 3.63) is 28.8 Å². The largest absolute Gasteiger partial charge is 0.479 e. The Labute approximate surface area is 155 Å². The Bertz CT molecular complexity index is 574. The Morgan fingerprint density at radius 2 is 2.16 bits per heavy atom. The molecule has 140 valence electrons. The molecule has 25 heavy (non-hydrogen) atoms. The first-order chi connectivity index (χ1) is 11.9. The molecule has 1 aliphatic heterocycles. The fourth-order valence-corrected chi connectivity index (χ4v) is 3.01. The lowest BCUT2D eigenvalue weighted by Gasteiger charge is -2.29. The molecule has 0 N–H and O–H groups in total. The molecule has 0 spiro atoms. The monoisotopic (exact) mass is 368 g/mol. The molecule has 6 heteroatoms. The molecule has 0 unspecified atom stereocenters. The highest BCUT2D eigenvalue weighted by Gasteiger charge is 2.27. The van der Waals surface area contributed by atoms with Gasteiger partial charge in [-0.25, -0.2) is 0 Å². The van der Waals surface area contributed by atoms with Crippen LogP contribution in [-0.4, -0.2) is 68.3 Å². The van der Waals surface area contributed by atoms with E-state index in [1.165, 1.54) is 0 Å². The van der Waals surface area contributed by atoms with Crippen LogP contribution < -0.4 is 4.74 Å². The summed E-state index contributed by atoms with van der Waals surface area (Å²) >= 11 is 6.19. The third kappa shape index (κ3) is 6.17. The van der Waals surface area contributed by atoms with Gasteiger partial charge in [-0.2, -0.15) is 0 Å². The number of likely N-dealkylation sites (N-methyl/N-ethyl adjacent to an activating group) is 1. The number of nitrogens with zero attached hydrogens (tertiary/aromatic N) is 2. The number of carbonyl (C=O) groups excluding carboxylic acids is 1. The van der Waals surface area contributed by atoms with Crippen molar-refractivity contribution in [1.82, 2.24) is 9.80 Å². The van der Waals surface area contributed by atoms with Crippen molar-refractivity contribution in [1.29, 1.82) is 0 Å². The molecule has 1 aromatic rings. The first-order valence-electron chi connectivity index (χ1n) is 8.84. The summed E-state index contributed by atoms with van der Waals surface area (Å²) in [5.41, 5.74) is 1.04. The van der Waals surface area contributed by atoms with E-state index >= 15 is 0 Å². The zero-order valence-corrected chi connectivity index (χ0v) is 16.4. The van der Waals surface area contributed by atoms with Gasteiger partial charge in [0.05, 0.1) is 11.1 Å². The van der Waals surface area contributed by atoms with Crippen LogP contribution in [0.4, 0.5) is 0 Å². The van der Waals surface area contributed by atoms with Gasteiger partial charge in [-0.15, -0.1) is 0 Å². The maximum Gasteiger partial charge on any atom is 0.263 e. The van der Waals surface area contributed by atoms with Crippen LogP contribution in [-0.2, 0) is 9.53 Å². The number of aryl methyl sites for hydroxylation is 1. The highest BCUT2D eigenvalue weighted by Crippen LogP contribution is 2.26. The van der Waals surface area contributed by atoms with Crippen molar-refractivity contribution in [2.24, 2.45) is 0 Å². The Kier molecular flexibility index (Phi) is 7.54. The predicted octanol–water partition coefficient (Wildman–Crippen LogP) is 2.98. The van der Waals surface area contributed by atoms with Gasteiger partial charge in [-0.05, 0) is 58.5 Å². The highest BCUT2D eigenvalue weighted by atomic mass is 35.5. The van der Waals surface area contributed by atoms with E-state index in [1.54, 1.807) is 13.0 Å². The van der Waals surface area contributed by atoms with Crippen LogP contribution in [0, 0.1) is 6.92 Å². The summed E-state index contributed by atoms with van der Waals surface area (Å²) in [6.45, 7) is 6.60. The molecule has 5 nitrogen and oxygen atoms in total. The zero-order chi connectivity index (χ0) is 18.4. The molecule has 1 saturated heterocycles. The summed E-state index contributed by atoms with van der Waals surface area (Å²) in [4.78, 5) is 16.8. The summed E-state index contributed by atoms with van der Waals surface area (Å²) in [7, 11) is 4.00. The smallest absolute Gasteiger partial charge is 0.263 e. The predicted molar refractivity (Wildman–Crippen MR) is 100 cm³/mol. The summed E-state index contributed by atoms with van der Waals surface area (Å²) in [5, 5.41) is 0.518. The van der Waals surface area contributed by atoms with Crippen molar-refractivity contribution >= 4 is 17.5 Å². The minimum absolute atomic E-state index is 0.0325. The first kappa shape index (κ1) is 20.0. The fourth-order valence-electron chi connectivity index (χ4n) is 2.85. The van der Waals surface area contributed by atoms with Gasteiger partial charge >= 0.3 is 0 Å². The highest BCUT2D eigenvalue weighted by molar-refractivity contribution is 6.32. The minimum atomic E-state index is -0.595. The number of amides is 1. The molecule has 2 rings (SSSR count). The molecule has 0 radical (unpaired) electrons. The van der Waals surface area contributed by atoms with Crippen LogP contribution in [0.25, 0.3) is 0 Å². The van der Waals surface area contributed by atoms with Gasteiger partial charge in [0.25, 0.3) is 5.91 Å². The van der Waals surface area contributed by atoms with Crippen LogP contribution in [0.15, 0.2) is 18.2 Å². The molecular weight excluding hydrogens is 340 g/mol. The van der Waals surface area contributed by atoms with Gasteiger partial charge in [0.15, 0.2) is 6.10 Å². The normalized spacial score (nSPS) is 18.4. The van der Waals surface area contributed by atoms with E-state index in [-0.39, 0.29) is 12.0 Å². The Morgan fingerprint density at radius 1 is 1.40 bits per heavy atom. The molecule has 0 bridgehead atoms. The molecule has 1 fully saturated rings. The number of halogens is 1. The van der Waals surface area contributed by atoms with Crippen molar-refractivity contribution in [3.63, 3.8) is 0 Å². The average molecular weight is 369 g/mol. The zero-order valence-electron chi connectivity index (χ0n) is 15.6. The maximum atomic E-state index is 12.9. The first-order valence-corrected chi connectivity index (χ1v) is 9.22. The summed E-state index contributed by atoms with van der Waals surface area (Å²) < 4.78 is 11.6. The minimum Gasteiger partial charge on any atom is -0.479 e. The molecule has 2 atom stereocenters. The maximum absolute atomic E-state index is 12.9. The second-order valence-electron chi connectivity index (χ2n) is 6.92. The lowest BCUT2D eigenvalue weighted by molar-refractivity contribution is -0.139. The van der Waals surface area contributed by atoms with Gasteiger partial charge in [-0.3, -0.25) is 4.79 Å². The van der Waals surface area contributed by atoms with Crippen molar-refractivity contribution < 1.29 is 14.3 Å². The number of carbonyl (C=O) groups is 1. The quantitative estimate of drug-likeness (QED) is 0.707. The number of rotatable bonds is 8. The van der Waals surface area contributed by atoms with Crippen molar-refractivity contribution in [2.75, 3.05) is 40.3 Å². The van der Waals surface area contributed by atoms with E-state index in [1.807, 2.05) is 38.1 Å². The molecule has 1 amide bonds. The lowest BCUT2D eigenvalue weighted by Crippen LogP contribution is -2.46. The Morgan fingerprint density at radius 3 is 2.80 bits per heavy atom. The van der Waals surface area contributed by atoms with E-state index in [2.05, 4.69) is 4.90 Å². The lowest BCUT2D eigenvalue weighted by atomic mass is 10.2. The molecule has 1 aromatic carbocycles. The number of benzene rings is 1. The van der Waals surface area contributed by atoms with Gasteiger partial charge in [-0.1, -0.05) is 17.7 Å². The molecule has 1 heterocycles. The van der Waals surface area contributed by atoms with Crippen LogP contribution >= 0.6 is 11.6 Å². The molecule has 0 aromatic heterocycles. The number of hydrogen-bond donors (Lipinski definition) is 0. The van der Waals surface area contributed by atoms with Gasteiger partial charge < -0.3 is 19.3 Å². The third-order valence-corrected chi connectivity index (χ3v) is 4.63.